The first-order valence-electron chi connectivity index (χ1n) is 8.92. The summed E-state index contributed by atoms with van der Waals surface area (Å²) in [6.07, 6.45) is 3.75. The Morgan fingerprint density at radius 3 is 2.81 bits per heavy atom. The Bertz CT molecular complexity index is 744. The third kappa shape index (κ3) is 4.49. The third-order valence-electron chi connectivity index (χ3n) is 4.62. The summed E-state index contributed by atoms with van der Waals surface area (Å²) in [6, 6.07) is 10.8. The number of nitrogens with one attached hydrogen (secondary N) is 1. The largest absolute Gasteiger partial charge is 0.394 e. The van der Waals surface area contributed by atoms with Crippen LogP contribution in [-0.4, -0.2) is 57.8 Å². The summed E-state index contributed by atoms with van der Waals surface area (Å²) in [4.78, 5) is 26.3. The SMILES string of the molecule is O=C(NCC(=O)N1CCC[C@@H](c2ccn(CCO)n2)C1)c1ccccc1. The summed E-state index contributed by atoms with van der Waals surface area (Å²) in [5.41, 5.74) is 1.50. The lowest BCUT2D eigenvalue weighted by Crippen LogP contribution is -2.44. The van der Waals surface area contributed by atoms with Crippen molar-refractivity contribution in [2.75, 3.05) is 26.2 Å². The topological polar surface area (TPSA) is 87.5 Å². The van der Waals surface area contributed by atoms with Crippen molar-refractivity contribution >= 4 is 11.8 Å². The Balaban J connectivity index is 1.53. The van der Waals surface area contributed by atoms with E-state index < -0.39 is 0 Å². The van der Waals surface area contributed by atoms with Crippen molar-refractivity contribution in [3.05, 3.63) is 53.9 Å². The summed E-state index contributed by atoms with van der Waals surface area (Å²) in [7, 11) is 0. The van der Waals surface area contributed by atoms with Gasteiger partial charge >= 0.3 is 0 Å². The van der Waals surface area contributed by atoms with E-state index in [1.165, 1.54) is 0 Å². The maximum absolute atomic E-state index is 12.5. The Kier molecular flexibility index (Phi) is 6.01. The quantitative estimate of drug-likeness (QED) is 0.809. The van der Waals surface area contributed by atoms with E-state index in [0.717, 1.165) is 18.5 Å². The summed E-state index contributed by atoms with van der Waals surface area (Å²) in [5.74, 6) is -0.124. The number of nitrogens with zero attached hydrogens (tertiary/aromatic N) is 3. The van der Waals surface area contributed by atoms with Crippen LogP contribution in [0, 0.1) is 0 Å². The highest BCUT2D eigenvalue weighted by Crippen LogP contribution is 2.25. The Labute approximate surface area is 152 Å². The van der Waals surface area contributed by atoms with Gasteiger partial charge in [-0.25, -0.2) is 0 Å². The van der Waals surface area contributed by atoms with E-state index in [0.29, 0.717) is 25.2 Å². The molecule has 1 fully saturated rings. The molecule has 1 saturated heterocycles. The van der Waals surface area contributed by atoms with Crippen molar-refractivity contribution in [3.63, 3.8) is 0 Å². The first-order valence-corrected chi connectivity index (χ1v) is 8.92. The van der Waals surface area contributed by atoms with Crippen LogP contribution in [0.15, 0.2) is 42.6 Å². The summed E-state index contributed by atoms with van der Waals surface area (Å²) in [5, 5.41) is 16.2. The van der Waals surface area contributed by atoms with E-state index in [1.54, 1.807) is 33.8 Å². The highest BCUT2D eigenvalue weighted by atomic mass is 16.3. The second-order valence-corrected chi connectivity index (χ2v) is 6.45. The van der Waals surface area contributed by atoms with Gasteiger partial charge in [0.15, 0.2) is 0 Å². The molecule has 7 nitrogen and oxygen atoms in total. The summed E-state index contributed by atoms with van der Waals surface area (Å²) < 4.78 is 1.72. The van der Waals surface area contributed by atoms with Gasteiger partial charge in [0.25, 0.3) is 5.91 Å². The monoisotopic (exact) mass is 356 g/mol. The summed E-state index contributed by atoms with van der Waals surface area (Å²) >= 11 is 0. The molecule has 0 unspecified atom stereocenters. The number of carbonyl (C=O) groups excluding carboxylic acids is 2. The first-order chi connectivity index (χ1) is 12.7. The van der Waals surface area contributed by atoms with E-state index in [4.69, 9.17) is 5.11 Å². The molecule has 26 heavy (non-hydrogen) atoms. The average Bonchev–Trinajstić information content (AvgIpc) is 3.15. The molecule has 138 valence electrons. The fourth-order valence-corrected chi connectivity index (χ4v) is 3.23. The highest BCUT2D eigenvalue weighted by Gasteiger charge is 2.26. The maximum atomic E-state index is 12.5. The molecular formula is C19H24N4O3. The van der Waals surface area contributed by atoms with Gasteiger partial charge in [-0.2, -0.15) is 5.10 Å². The van der Waals surface area contributed by atoms with Crippen LogP contribution in [0.1, 0.15) is 34.8 Å². The molecular weight excluding hydrogens is 332 g/mol. The molecule has 2 amide bonds. The molecule has 1 aromatic heterocycles. The Morgan fingerprint density at radius 1 is 1.23 bits per heavy atom. The van der Waals surface area contributed by atoms with Crippen LogP contribution in [-0.2, 0) is 11.3 Å². The van der Waals surface area contributed by atoms with Gasteiger partial charge in [0, 0.05) is 30.8 Å². The normalized spacial score (nSPS) is 17.1. The van der Waals surface area contributed by atoms with E-state index >= 15 is 0 Å². The minimum Gasteiger partial charge on any atom is -0.394 e. The van der Waals surface area contributed by atoms with Crippen LogP contribution in [0.4, 0.5) is 0 Å². The molecule has 2 N–H and O–H groups in total. The standard InChI is InChI=1S/C19H24N4O3/c24-12-11-23-10-8-17(21-23)16-7-4-9-22(14-16)18(25)13-20-19(26)15-5-2-1-3-6-15/h1-3,5-6,8,10,16,24H,4,7,9,11-14H2,(H,20,26)/t16-/m1/s1. The number of aliphatic hydroxyl groups excluding tert-OH is 1. The molecule has 1 atom stereocenters. The van der Waals surface area contributed by atoms with Gasteiger partial charge in [0.2, 0.25) is 5.91 Å². The van der Waals surface area contributed by atoms with Crippen LogP contribution in [0.5, 0.6) is 0 Å². The van der Waals surface area contributed by atoms with Gasteiger partial charge in [0.05, 0.1) is 25.4 Å². The smallest absolute Gasteiger partial charge is 0.251 e. The predicted molar refractivity (Wildman–Crippen MR) is 96.6 cm³/mol. The second-order valence-electron chi connectivity index (χ2n) is 6.45. The van der Waals surface area contributed by atoms with Crippen molar-refractivity contribution in [1.82, 2.24) is 20.0 Å². The number of hydrogen-bond acceptors (Lipinski definition) is 4. The van der Waals surface area contributed by atoms with Gasteiger partial charge in [0.1, 0.15) is 0 Å². The van der Waals surface area contributed by atoms with Crippen molar-refractivity contribution in [3.8, 4) is 0 Å². The van der Waals surface area contributed by atoms with Crippen molar-refractivity contribution in [1.29, 1.82) is 0 Å². The number of piperidine rings is 1. The van der Waals surface area contributed by atoms with Crippen LogP contribution < -0.4 is 5.32 Å². The molecule has 1 aromatic carbocycles. The number of likely N-dealkylation sites (tertiary alicyclic amines) is 1. The van der Waals surface area contributed by atoms with E-state index in [2.05, 4.69) is 10.4 Å². The number of rotatable bonds is 6. The molecule has 0 bridgehead atoms. The van der Waals surface area contributed by atoms with Crippen LogP contribution in [0.2, 0.25) is 0 Å². The number of aliphatic hydroxyl groups is 1. The van der Waals surface area contributed by atoms with Gasteiger partial charge in [-0.05, 0) is 31.0 Å². The van der Waals surface area contributed by atoms with E-state index in [-0.39, 0.29) is 30.9 Å². The van der Waals surface area contributed by atoms with Gasteiger partial charge in [-0.3, -0.25) is 14.3 Å². The Hall–Kier alpha value is -2.67. The lowest BCUT2D eigenvalue weighted by molar-refractivity contribution is -0.131. The molecule has 0 aliphatic carbocycles. The molecule has 0 radical (unpaired) electrons. The molecule has 0 spiro atoms. The van der Waals surface area contributed by atoms with E-state index in [9.17, 15) is 9.59 Å². The molecule has 2 aromatic rings. The van der Waals surface area contributed by atoms with Crippen LogP contribution in [0.25, 0.3) is 0 Å². The molecule has 7 heteroatoms. The minimum absolute atomic E-state index is 0.000595. The number of aromatic nitrogens is 2. The zero-order chi connectivity index (χ0) is 18.4. The zero-order valence-corrected chi connectivity index (χ0v) is 14.7. The molecule has 1 aliphatic heterocycles. The second kappa shape index (κ2) is 8.62. The number of benzene rings is 1. The minimum atomic E-state index is -0.241. The fraction of sp³-hybridized carbons (Fsp3) is 0.421. The molecule has 1 aliphatic rings. The third-order valence-corrected chi connectivity index (χ3v) is 4.62. The molecule has 2 heterocycles. The van der Waals surface area contributed by atoms with Crippen LogP contribution in [0.3, 0.4) is 0 Å². The number of amides is 2. The average molecular weight is 356 g/mol. The van der Waals surface area contributed by atoms with Gasteiger partial charge < -0.3 is 15.3 Å². The van der Waals surface area contributed by atoms with E-state index in [1.807, 2.05) is 18.3 Å². The number of carbonyl (C=O) groups is 2. The molecule has 3 rings (SSSR count). The lowest BCUT2D eigenvalue weighted by Gasteiger charge is -2.32. The predicted octanol–water partition coefficient (Wildman–Crippen LogP) is 1.01. The maximum Gasteiger partial charge on any atom is 0.251 e. The molecule has 0 saturated carbocycles. The number of hydrogen-bond donors (Lipinski definition) is 2. The zero-order valence-electron chi connectivity index (χ0n) is 14.7. The van der Waals surface area contributed by atoms with Crippen LogP contribution >= 0.6 is 0 Å². The first kappa shape index (κ1) is 18.1. The fourth-order valence-electron chi connectivity index (χ4n) is 3.23. The Morgan fingerprint density at radius 2 is 2.04 bits per heavy atom. The van der Waals surface area contributed by atoms with Crippen molar-refractivity contribution < 1.29 is 14.7 Å². The highest BCUT2D eigenvalue weighted by molar-refractivity contribution is 5.96. The summed E-state index contributed by atoms with van der Waals surface area (Å²) in [6.45, 7) is 1.84. The van der Waals surface area contributed by atoms with Gasteiger partial charge in [-0.1, -0.05) is 18.2 Å². The van der Waals surface area contributed by atoms with Crippen molar-refractivity contribution in [2.24, 2.45) is 0 Å². The van der Waals surface area contributed by atoms with Gasteiger partial charge in [-0.15, -0.1) is 0 Å². The van der Waals surface area contributed by atoms with Crippen molar-refractivity contribution in [2.45, 2.75) is 25.3 Å². The lowest BCUT2D eigenvalue weighted by atomic mass is 9.95.